The first kappa shape index (κ1) is 18.7. The Morgan fingerprint density at radius 2 is 1.74 bits per heavy atom. The Bertz CT molecular complexity index is 1000. The van der Waals surface area contributed by atoms with E-state index in [-0.39, 0.29) is 0 Å². The van der Waals surface area contributed by atoms with Crippen LogP contribution in [-0.4, -0.2) is 23.1 Å². The van der Waals surface area contributed by atoms with E-state index in [9.17, 15) is 0 Å². The van der Waals surface area contributed by atoms with Crippen LogP contribution in [0, 0.1) is 32.6 Å². The summed E-state index contributed by atoms with van der Waals surface area (Å²) in [4.78, 5) is 14.0. The topological polar surface area (TPSA) is 29.0 Å². The summed E-state index contributed by atoms with van der Waals surface area (Å²) in [5, 5.41) is 1.50. The van der Waals surface area contributed by atoms with Gasteiger partial charge in [0.15, 0.2) is 0 Å². The van der Waals surface area contributed by atoms with E-state index in [0.29, 0.717) is 17.1 Å². The van der Waals surface area contributed by atoms with Crippen LogP contribution in [0.2, 0.25) is 5.28 Å². The fourth-order valence-corrected chi connectivity index (χ4v) is 5.63. The van der Waals surface area contributed by atoms with Crippen LogP contribution in [0.4, 0.5) is 5.82 Å². The molecule has 0 saturated carbocycles. The third kappa shape index (κ3) is 3.45. The van der Waals surface area contributed by atoms with Crippen LogP contribution in [0.3, 0.4) is 0 Å². The lowest BCUT2D eigenvalue weighted by molar-refractivity contribution is 0.356. The van der Waals surface area contributed by atoms with Gasteiger partial charge in [-0.05, 0) is 67.3 Å². The zero-order valence-corrected chi connectivity index (χ0v) is 18.2. The summed E-state index contributed by atoms with van der Waals surface area (Å²) >= 11 is 8.04. The van der Waals surface area contributed by atoms with Gasteiger partial charge in [-0.1, -0.05) is 32.0 Å². The second-order valence-corrected chi connectivity index (χ2v) is 9.72. The van der Waals surface area contributed by atoms with Crippen LogP contribution in [0.1, 0.15) is 36.3 Å². The summed E-state index contributed by atoms with van der Waals surface area (Å²) in [6.45, 7) is 13.2. The van der Waals surface area contributed by atoms with Crippen molar-refractivity contribution in [1.82, 2.24) is 9.97 Å². The molecule has 0 N–H and O–H groups in total. The van der Waals surface area contributed by atoms with Crippen molar-refractivity contribution < 1.29 is 0 Å². The maximum atomic E-state index is 6.33. The molecule has 3 nitrogen and oxygen atoms in total. The monoisotopic (exact) mass is 399 g/mol. The highest BCUT2D eigenvalue weighted by Gasteiger charge is 2.27. The second kappa shape index (κ2) is 7.06. The first-order valence-electron chi connectivity index (χ1n) is 9.62. The maximum Gasteiger partial charge on any atom is 0.225 e. The molecule has 1 fully saturated rings. The molecule has 2 unspecified atom stereocenters. The minimum Gasteiger partial charge on any atom is -0.355 e. The van der Waals surface area contributed by atoms with Crippen molar-refractivity contribution in [3.05, 3.63) is 39.5 Å². The van der Waals surface area contributed by atoms with Gasteiger partial charge in [0.2, 0.25) is 5.28 Å². The lowest BCUT2D eigenvalue weighted by Crippen LogP contribution is -2.39. The molecule has 2 atom stereocenters. The van der Waals surface area contributed by atoms with Gasteiger partial charge in [-0.25, -0.2) is 4.98 Å². The van der Waals surface area contributed by atoms with Gasteiger partial charge in [-0.2, -0.15) is 4.98 Å². The van der Waals surface area contributed by atoms with E-state index in [1.54, 1.807) is 11.3 Å². The van der Waals surface area contributed by atoms with Gasteiger partial charge < -0.3 is 4.90 Å². The van der Waals surface area contributed by atoms with Crippen molar-refractivity contribution in [3.63, 3.8) is 0 Å². The molecule has 1 saturated heterocycles. The molecular weight excluding hydrogens is 374 g/mol. The fraction of sp³-hybridized carbons (Fsp3) is 0.455. The average molecular weight is 400 g/mol. The average Bonchev–Trinajstić information content (AvgIpc) is 2.91. The summed E-state index contributed by atoms with van der Waals surface area (Å²) in [5.74, 6) is 2.31. The van der Waals surface area contributed by atoms with E-state index < -0.39 is 0 Å². The van der Waals surface area contributed by atoms with Crippen LogP contribution in [0.5, 0.6) is 0 Å². The third-order valence-electron chi connectivity index (χ3n) is 5.65. The molecule has 0 aliphatic carbocycles. The Balaban J connectivity index is 1.95. The summed E-state index contributed by atoms with van der Waals surface area (Å²) in [6.07, 6.45) is 1.27. The molecule has 4 rings (SSSR count). The number of benzene rings is 1. The van der Waals surface area contributed by atoms with Gasteiger partial charge in [-0.15, -0.1) is 11.3 Å². The molecule has 0 amide bonds. The number of nitrogens with zero attached hydrogens (tertiary/aromatic N) is 3. The normalized spacial score (nSPS) is 20.4. The Labute approximate surface area is 170 Å². The summed E-state index contributed by atoms with van der Waals surface area (Å²) in [7, 11) is 0. The van der Waals surface area contributed by atoms with Crippen LogP contribution in [-0.2, 0) is 0 Å². The summed E-state index contributed by atoms with van der Waals surface area (Å²) < 4.78 is 0. The fourth-order valence-electron chi connectivity index (χ4n) is 4.38. The number of fused-ring (bicyclic) bond motifs is 1. The van der Waals surface area contributed by atoms with Crippen LogP contribution < -0.4 is 4.90 Å². The number of thiophene rings is 1. The number of aromatic nitrogens is 2. The number of hydrogen-bond acceptors (Lipinski definition) is 4. The van der Waals surface area contributed by atoms with Crippen LogP contribution in [0.25, 0.3) is 21.3 Å². The molecule has 0 radical (unpaired) electrons. The van der Waals surface area contributed by atoms with Crippen molar-refractivity contribution in [2.24, 2.45) is 11.8 Å². The zero-order valence-electron chi connectivity index (χ0n) is 16.6. The minimum atomic E-state index is 0.344. The van der Waals surface area contributed by atoms with E-state index in [4.69, 9.17) is 16.6 Å². The molecule has 1 aliphatic rings. The molecule has 1 aromatic carbocycles. The van der Waals surface area contributed by atoms with Gasteiger partial charge in [-0.3, -0.25) is 0 Å². The largest absolute Gasteiger partial charge is 0.355 e. The number of hydrogen-bond donors (Lipinski definition) is 0. The number of aryl methyl sites for hydroxylation is 3. The molecule has 27 heavy (non-hydrogen) atoms. The minimum absolute atomic E-state index is 0.344. The van der Waals surface area contributed by atoms with Gasteiger partial charge in [0.25, 0.3) is 0 Å². The molecule has 3 aromatic rings. The van der Waals surface area contributed by atoms with E-state index in [2.05, 4.69) is 62.7 Å². The highest BCUT2D eigenvalue weighted by Crippen LogP contribution is 2.43. The molecule has 0 bridgehead atoms. The van der Waals surface area contributed by atoms with E-state index in [0.717, 1.165) is 29.1 Å². The number of anilines is 1. The molecule has 0 spiro atoms. The highest BCUT2D eigenvalue weighted by molar-refractivity contribution is 7.19. The highest BCUT2D eigenvalue weighted by atomic mass is 35.5. The maximum absolute atomic E-state index is 6.33. The molecule has 5 heteroatoms. The van der Waals surface area contributed by atoms with Crippen molar-refractivity contribution in [2.75, 3.05) is 18.0 Å². The standard InChI is InChI=1S/C22H26ClN3S/c1-12-8-13(2)11-26(10-12)20-19-18(17-7-6-14(3)15(4)9-17)16(5)27-21(19)25-22(23)24-20/h6-7,9,12-13H,8,10-11H2,1-5H3. The van der Waals surface area contributed by atoms with E-state index >= 15 is 0 Å². The summed E-state index contributed by atoms with van der Waals surface area (Å²) in [5.41, 5.74) is 5.12. The Hall–Kier alpha value is -1.65. The Morgan fingerprint density at radius 1 is 1.04 bits per heavy atom. The quantitative estimate of drug-likeness (QED) is 0.465. The number of piperidine rings is 1. The predicted molar refractivity (Wildman–Crippen MR) is 117 cm³/mol. The van der Waals surface area contributed by atoms with Gasteiger partial charge in [0.05, 0.1) is 5.39 Å². The Kier molecular flexibility index (Phi) is 4.89. The van der Waals surface area contributed by atoms with E-state index in [1.807, 2.05) is 0 Å². The number of halogens is 1. The smallest absolute Gasteiger partial charge is 0.225 e. The van der Waals surface area contributed by atoms with Crippen molar-refractivity contribution in [1.29, 1.82) is 0 Å². The summed E-state index contributed by atoms with van der Waals surface area (Å²) in [6, 6.07) is 6.70. The SMILES string of the molecule is Cc1ccc(-c2c(C)sc3nc(Cl)nc(N4CC(C)CC(C)C4)c23)cc1C. The molecular formula is C22H26ClN3S. The molecule has 2 aromatic heterocycles. The van der Waals surface area contributed by atoms with Gasteiger partial charge in [0.1, 0.15) is 10.6 Å². The molecule has 142 valence electrons. The van der Waals surface area contributed by atoms with Crippen LogP contribution >= 0.6 is 22.9 Å². The van der Waals surface area contributed by atoms with Crippen molar-refractivity contribution >= 4 is 39.0 Å². The van der Waals surface area contributed by atoms with Gasteiger partial charge in [0, 0.05) is 23.5 Å². The van der Waals surface area contributed by atoms with Crippen LogP contribution in [0.15, 0.2) is 18.2 Å². The molecule has 3 heterocycles. The number of rotatable bonds is 2. The van der Waals surface area contributed by atoms with E-state index in [1.165, 1.54) is 33.6 Å². The third-order valence-corrected chi connectivity index (χ3v) is 6.81. The van der Waals surface area contributed by atoms with Crippen molar-refractivity contribution in [3.8, 4) is 11.1 Å². The predicted octanol–water partition coefficient (Wildman–Crippen LogP) is 6.42. The Morgan fingerprint density at radius 3 is 2.41 bits per heavy atom. The first-order valence-corrected chi connectivity index (χ1v) is 10.8. The molecule has 1 aliphatic heterocycles. The first-order chi connectivity index (χ1) is 12.8. The van der Waals surface area contributed by atoms with Gasteiger partial charge >= 0.3 is 0 Å². The lowest BCUT2D eigenvalue weighted by Gasteiger charge is -2.36. The second-order valence-electron chi connectivity index (χ2n) is 8.18. The lowest BCUT2D eigenvalue weighted by atomic mass is 9.91. The van der Waals surface area contributed by atoms with Crippen molar-refractivity contribution in [2.45, 2.75) is 41.0 Å². The zero-order chi connectivity index (χ0) is 19.3.